The predicted molar refractivity (Wildman–Crippen MR) is 115 cm³/mol. The lowest BCUT2D eigenvalue weighted by Gasteiger charge is -2.36. The van der Waals surface area contributed by atoms with Gasteiger partial charge in [0.25, 0.3) is 0 Å². The van der Waals surface area contributed by atoms with E-state index in [1.807, 2.05) is 4.90 Å². The zero-order chi connectivity index (χ0) is 22.2. The highest BCUT2D eigenvalue weighted by Gasteiger charge is 2.32. The second-order valence-electron chi connectivity index (χ2n) is 7.51. The summed E-state index contributed by atoms with van der Waals surface area (Å²) in [4.78, 5) is 25.1. The standard InChI is InChI=1S/C21H22F3N5OS/c1-14-3-5-16(6-4-14)27-9-11-28(12-10-27)19-25-15(2)29(20(30)26-19)13-17-7-8-18(31-17)21(22,23)24/h3-8H,9-13H2,1-2H3. The van der Waals surface area contributed by atoms with Crippen LogP contribution in [0.25, 0.3) is 0 Å². The number of hydrogen-bond acceptors (Lipinski definition) is 6. The van der Waals surface area contributed by atoms with Gasteiger partial charge in [-0.1, -0.05) is 17.7 Å². The van der Waals surface area contributed by atoms with Gasteiger partial charge in [0.2, 0.25) is 5.95 Å². The molecule has 1 fully saturated rings. The van der Waals surface area contributed by atoms with Crippen LogP contribution in [0.1, 0.15) is 21.1 Å². The van der Waals surface area contributed by atoms with Gasteiger partial charge in [-0.15, -0.1) is 11.3 Å². The minimum absolute atomic E-state index is 0.0207. The molecule has 0 radical (unpaired) electrons. The van der Waals surface area contributed by atoms with Crippen molar-refractivity contribution in [3.63, 3.8) is 0 Å². The molecule has 0 unspecified atom stereocenters. The average Bonchev–Trinajstić information content (AvgIpc) is 3.21. The third-order valence-electron chi connectivity index (χ3n) is 5.30. The van der Waals surface area contributed by atoms with Gasteiger partial charge in [-0.3, -0.25) is 4.57 Å². The summed E-state index contributed by atoms with van der Waals surface area (Å²) in [6.45, 7) is 6.67. The van der Waals surface area contributed by atoms with Crippen molar-refractivity contribution in [2.75, 3.05) is 36.0 Å². The molecule has 1 aliphatic rings. The first kappa shape index (κ1) is 21.4. The molecule has 0 saturated carbocycles. The molecular weight excluding hydrogens is 427 g/mol. The number of anilines is 2. The Kier molecular flexibility index (Phi) is 5.74. The van der Waals surface area contributed by atoms with Gasteiger partial charge in [0, 0.05) is 36.7 Å². The van der Waals surface area contributed by atoms with Crippen molar-refractivity contribution in [3.05, 3.63) is 68.0 Å². The first-order chi connectivity index (χ1) is 14.7. The monoisotopic (exact) mass is 449 g/mol. The van der Waals surface area contributed by atoms with E-state index in [2.05, 4.69) is 46.1 Å². The van der Waals surface area contributed by atoms with E-state index in [1.54, 1.807) is 6.92 Å². The molecule has 0 N–H and O–H groups in total. The number of benzene rings is 1. The number of hydrogen-bond donors (Lipinski definition) is 0. The van der Waals surface area contributed by atoms with E-state index in [0.717, 1.165) is 24.8 Å². The van der Waals surface area contributed by atoms with E-state index in [1.165, 1.54) is 16.2 Å². The lowest BCUT2D eigenvalue weighted by molar-refractivity contribution is -0.134. The molecule has 0 bridgehead atoms. The molecule has 1 aliphatic heterocycles. The number of halogens is 3. The summed E-state index contributed by atoms with van der Waals surface area (Å²) in [5.41, 5.74) is 1.86. The molecule has 1 saturated heterocycles. The average molecular weight is 450 g/mol. The summed E-state index contributed by atoms with van der Waals surface area (Å²) in [5, 5.41) is 0. The molecule has 31 heavy (non-hydrogen) atoms. The van der Waals surface area contributed by atoms with Crippen LogP contribution in [0.4, 0.5) is 24.8 Å². The molecule has 3 aromatic rings. The summed E-state index contributed by atoms with van der Waals surface area (Å²) < 4.78 is 39.8. The van der Waals surface area contributed by atoms with Gasteiger partial charge < -0.3 is 9.80 Å². The van der Waals surface area contributed by atoms with Crippen LogP contribution in [0.3, 0.4) is 0 Å². The van der Waals surface area contributed by atoms with Crippen LogP contribution in [0.5, 0.6) is 0 Å². The minimum atomic E-state index is -4.38. The van der Waals surface area contributed by atoms with Gasteiger partial charge in [-0.2, -0.15) is 23.1 Å². The van der Waals surface area contributed by atoms with Crippen LogP contribution < -0.4 is 15.5 Å². The zero-order valence-electron chi connectivity index (χ0n) is 17.2. The molecular formula is C21H22F3N5OS. The molecule has 0 aliphatic carbocycles. The lowest BCUT2D eigenvalue weighted by Crippen LogP contribution is -2.48. The number of alkyl halides is 3. The molecule has 4 rings (SSSR count). The predicted octanol–water partition coefficient (Wildman–Crippen LogP) is 3.71. The second-order valence-corrected chi connectivity index (χ2v) is 8.68. The number of aromatic nitrogens is 3. The highest BCUT2D eigenvalue weighted by molar-refractivity contribution is 7.12. The van der Waals surface area contributed by atoms with E-state index in [4.69, 9.17) is 0 Å². The number of aryl methyl sites for hydroxylation is 2. The maximum atomic E-state index is 12.8. The van der Waals surface area contributed by atoms with Crippen molar-refractivity contribution in [3.8, 4) is 0 Å². The van der Waals surface area contributed by atoms with Gasteiger partial charge >= 0.3 is 11.9 Å². The van der Waals surface area contributed by atoms with E-state index < -0.39 is 16.7 Å². The Morgan fingerprint density at radius 3 is 2.16 bits per heavy atom. The Balaban J connectivity index is 1.46. The molecule has 2 aromatic heterocycles. The second kappa shape index (κ2) is 8.33. The molecule has 0 spiro atoms. The molecule has 1 aromatic carbocycles. The summed E-state index contributed by atoms with van der Waals surface area (Å²) in [5.74, 6) is 0.794. The van der Waals surface area contributed by atoms with Crippen molar-refractivity contribution in [2.24, 2.45) is 0 Å². The third-order valence-corrected chi connectivity index (χ3v) is 6.41. The molecule has 0 amide bonds. The quantitative estimate of drug-likeness (QED) is 0.608. The van der Waals surface area contributed by atoms with Crippen molar-refractivity contribution < 1.29 is 13.2 Å². The Labute approximate surface area is 181 Å². The molecule has 0 atom stereocenters. The van der Waals surface area contributed by atoms with Crippen LogP contribution in [0.2, 0.25) is 0 Å². The van der Waals surface area contributed by atoms with Gasteiger partial charge in [0.05, 0.1) is 6.54 Å². The number of thiophene rings is 1. The summed E-state index contributed by atoms with van der Waals surface area (Å²) in [6, 6.07) is 10.8. The maximum absolute atomic E-state index is 12.8. The molecule has 10 heteroatoms. The largest absolute Gasteiger partial charge is 0.425 e. The Hall–Kier alpha value is -2.88. The van der Waals surface area contributed by atoms with Crippen LogP contribution >= 0.6 is 11.3 Å². The third kappa shape index (κ3) is 4.73. The fraction of sp³-hybridized carbons (Fsp3) is 0.381. The van der Waals surface area contributed by atoms with Crippen LogP contribution in [-0.2, 0) is 12.7 Å². The van der Waals surface area contributed by atoms with Gasteiger partial charge in [-0.05, 0) is 38.1 Å². The Morgan fingerprint density at radius 2 is 1.58 bits per heavy atom. The number of nitrogens with zero attached hydrogens (tertiary/aromatic N) is 5. The van der Waals surface area contributed by atoms with Crippen molar-refractivity contribution >= 4 is 23.0 Å². The molecule has 164 valence electrons. The fourth-order valence-electron chi connectivity index (χ4n) is 3.53. The van der Waals surface area contributed by atoms with Gasteiger partial charge in [-0.25, -0.2) is 4.79 Å². The topological polar surface area (TPSA) is 54.3 Å². The number of rotatable bonds is 4. The normalized spacial score (nSPS) is 14.9. The Bertz CT molecular complexity index is 1120. The first-order valence-corrected chi connectivity index (χ1v) is 10.7. The molecule has 6 nitrogen and oxygen atoms in total. The zero-order valence-corrected chi connectivity index (χ0v) is 18.0. The highest BCUT2D eigenvalue weighted by atomic mass is 32.1. The summed E-state index contributed by atoms with van der Waals surface area (Å²) in [6.07, 6.45) is -4.38. The van der Waals surface area contributed by atoms with E-state index in [0.29, 0.717) is 41.1 Å². The van der Waals surface area contributed by atoms with Crippen molar-refractivity contribution in [1.82, 2.24) is 14.5 Å². The summed E-state index contributed by atoms with van der Waals surface area (Å²) >= 11 is 0.627. The lowest BCUT2D eigenvalue weighted by atomic mass is 10.2. The van der Waals surface area contributed by atoms with Crippen molar-refractivity contribution in [2.45, 2.75) is 26.6 Å². The first-order valence-electron chi connectivity index (χ1n) is 9.88. The van der Waals surface area contributed by atoms with Crippen molar-refractivity contribution in [1.29, 1.82) is 0 Å². The SMILES string of the molecule is Cc1ccc(N2CCN(c3nc(C)n(Cc4ccc(C(F)(F)F)s4)c(=O)n3)CC2)cc1. The highest BCUT2D eigenvalue weighted by Crippen LogP contribution is 2.34. The maximum Gasteiger partial charge on any atom is 0.425 e. The summed E-state index contributed by atoms with van der Waals surface area (Å²) in [7, 11) is 0. The fourth-order valence-corrected chi connectivity index (χ4v) is 4.39. The van der Waals surface area contributed by atoms with Crippen LogP contribution in [0, 0.1) is 13.8 Å². The van der Waals surface area contributed by atoms with Gasteiger partial charge in [0.1, 0.15) is 10.7 Å². The van der Waals surface area contributed by atoms with Crippen LogP contribution in [0.15, 0.2) is 41.2 Å². The van der Waals surface area contributed by atoms with Crippen LogP contribution in [-0.4, -0.2) is 40.7 Å². The Morgan fingerprint density at radius 1 is 0.935 bits per heavy atom. The molecule has 3 heterocycles. The number of piperazine rings is 1. The minimum Gasteiger partial charge on any atom is -0.368 e. The van der Waals surface area contributed by atoms with Gasteiger partial charge in [0.15, 0.2) is 0 Å². The van der Waals surface area contributed by atoms with E-state index >= 15 is 0 Å². The van der Waals surface area contributed by atoms with E-state index in [9.17, 15) is 18.0 Å². The smallest absolute Gasteiger partial charge is 0.368 e. The van der Waals surface area contributed by atoms with E-state index in [-0.39, 0.29) is 6.54 Å².